The minimum atomic E-state index is -0.572. The second kappa shape index (κ2) is 6.74. The number of nitro groups is 1. The van der Waals surface area contributed by atoms with Gasteiger partial charge in [-0.05, 0) is 18.2 Å². The second-order valence-electron chi connectivity index (χ2n) is 5.20. The number of nitrogens with zero attached hydrogens (tertiary/aromatic N) is 2. The lowest BCUT2D eigenvalue weighted by Gasteiger charge is -2.07. The molecule has 25 heavy (non-hydrogen) atoms. The Morgan fingerprint density at radius 2 is 1.96 bits per heavy atom. The zero-order valence-electron chi connectivity index (χ0n) is 13.0. The van der Waals surface area contributed by atoms with Crippen molar-refractivity contribution in [3.63, 3.8) is 0 Å². The molecular weight excluding hydrogens is 346 g/mol. The second-order valence-corrected chi connectivity index (χ2v) is 5.61. The van der Waals surface area contributed by atoms with Gasteiger partial charge < -0.3 is 9.73 Å². The standard InChI is InChI=1S/C17H12ClN3O4/c1-10-19-16(9-25-10)11-2-4-12(5-3-11)20-17(22)14-7-6-13(21(23)24)8-15(14)18/h2-9H,1H3,(H,20,22). The highest BCUT2D eigenvalue weighted by Gasteiger charge is 2.15. The van der Waals surface area contributed by atoms with Crippen molar-refractivity contribution in [1.82, 2.24) is 4.98 Å². The van der Waals surface area contributed by atoms with E-state index >= 15 is 0 Å². The van der Waals surface area contributed by atoms with Gasteiger partial charge in [-0.1, -0.05) is 23.7 Å². The van der Waals surface area contributed by atoms with Gasteiger partial charge in [0, 0.05) is 30.3 Å². The number of non-ortho nitro benzene ring substituents is 1. The molecule has 0 fully saturated rings. The fraction of sp³-hybridized carbons (Fsp3) is 0.0588. The molecule has 2 aromatic carbocycles. The Bertz CT molecular complexity index is 951. The first-order chi connectivity index (χ1) is 11.9. The van der Waals surface area contributed by atoms with Crippen LogP contribution in [-0.4, -0.2) is 15.8 Å². The van der Waals surface area contributed by atoms with Crippen molar-refractivity contribution in [3.8, 4) is 11.3 Å². The van der Waals surface area contributed by atoms with Crippen LogP contribution in [0.3, 0.4) is 0 Å². The molecule has 1 N–H and O–H groups in total. The number of benzene rings is 2. The van der Waals surface area contributed by atoms with E-state index in [0.717, 1.165) is 11.6 Å². The Hall–Kier alpha value is -3.19. The Balaban J connectivity index is 1.76. The number of aromatic nitrogens is 1. The third-order valence-corrected chi connectivity index (χ3v) is 3.78. The normalized spacial score (nSPS) is 10.5. The Morgan fingerprint density at radius 3 is 2.52 bits per heavy atom. The number of nitrogens with one attached hydrogen (secondary N) is 1. The van der Waals surface area contributed by atoms with E-state index in [-0.39, 0.29) is 16.3 Å². The van der Waals surface area contributed by atoms with Crippen LogP contribution in [0.2, 0.25) is 5.02 Å². The molecule has 7 nitrogen and oxygen atoms in total. The smallest absolute Gasteiger partial charge is 0.270 e. The van der Waals surface area contributed by atoms with E-state index in [4.69, 9.17) is 16.0 Å². The molecule has 0 unspecified atom stereocenters. The number of carbonyl (C=O) groups is 1. The van der Waals surface area contributed by atoms with Crippen molar-refractivity contribution in [3.05, 3.63) is 75.3 Å². The highest BCUT2D eigenvalue weighted by Crippen LogP contribution is 2.24. The van der Waals surface area contributed by atoms with Crippen LogP contribution < -0.4 is 5.32 Å². The zero-order valence-corrected chi connectivity index (χ0v) is 13.8. The number of carbonyl (C=O) groups excluding carboxylic acids is 1. The highest BCUT2D eigenvalue weighted by atomic mass is 35.5. The van der Waals surface area contributed by atoms with Crippen molar-refractivity contribution in [2.75, 3.05) is 5.32 Å². The summed E-state index contributed by atoms with van der Waals surface area (Å²) < 4.78 is 5.17. The minimum absolute atomic E-state index is 0.0152. The Morgan fingerprint density at radius 1 is 1.24 bits per heavy atom. The molecule has 0 saturated heterocycles. The van der Waals surface area contributed by atoms with Crippen LogP contribution in [0, 0.1) is 17.0 Å². The number of anilines is 1. The number of rotatable bonds is 4. The number of amides is 1. The predicted molar refractivity (Wildman–Crippen MR) is 92.7 cm³/mol. The molecule has 0 bridgehead atoms. The lowest BCUT2D eigenvalue weighted by molar-refractivity contribution is -0.384. The molecule has 3 aromatic rings. The van der Waals surface area contributed by atoms with E-state index in [1.165, 1.54) is 12.1 Å². The van der Waals surface area contributed by atoms with Crippen molar-refractivity contribution in [2.24, 2.45) is 0 Å². The average molecular weight is 358 g/mol. The van der Waals surface area contributed by atoms with Crippen LogP contribution in [0.25, 0.3) is 11.3 Å². The van der Waals surface area contributed by atoms with E-state index < -0.39 is 10.8 Å². The molecule has 126 valence electrons. The maximum Gasteiger partial charge on any atom is 0.270 e. The van der Waals surface area contributed by atoms with Crippen molar-refractivity contribution >= 4 is 28.9 Å². The summed E-state index contributed by atoms with van der Waals surface area (Å²) in [5.74, 6) is 0.116. The van der Waals surface area contributed by atoms with Crippen molar-refractivity contribution in [1.29, 1.82) is 0 Å². The minimum Gasteiger partial charge on any atom is -0.449 e. The molecular formula is C17H12ClN3O4. The number of aryl methyl sites for hydroxylation is 1. The molecule has 0 aliphatic rings. The monoisotopic (exact) mass is 357 g/mol. The maximum absolute atomic E-state index is 12.3. The van der Waals surface area contributed by atoms with Gasteiger partial charge in [0.25, 0.3) is 11.6 Å². The van der Waals surface area contributed by atoms with E-state index in [2.05, 4.69) is 10.3 Å². The van der Waals surface area contributed by atoms with Crippen molar-refractivity contribution in [2.45, 2.75) is 6.92 Å². The van der Waals surface area contributed by atoms with Gasteiger partial charge in [0.15, 0.2) is 5.89 Å². The fourth-order valence-corrected chi connectivity index (χ4v) is 2.48. The summed E-state index contributed by atoms with van der Waals surface area (Å²) in [6.45, 7) is 1.76. The van der Waals surface area contributed by atoms with Gasteiger partial charge in [-0.25, -0.2) is 4.98 Å². The molecule has 0 atom stereocenters. The molecule has 8 heteroatoms. The summed E-state index contributed by atoms with van der Waals surface area (Å²) in [4.78, 5) is 26.6. The summed E-state index contributed by atoms with van der Waals surface area (Å²) in [5, 5.41) is 13.4. The summed E-state index contributed by atoms with van der Waals surface area (Å²) in [7, 11) is 0. The first kappa shape index (κ1) is 16.7. The maximum atomic E-state index is 12.3. The first-order valence-electron chi connectivity index (χ1n) is 7.22. The largest absolute Gasteiger partial charge is 0.449 e. The number of hydrogen-bond donors (Lipinski definition) is 1. The molecule has 3 rings (SSSR count). The lowest BCUT2D eigenvalue weighted by Crippen LogP contribution is -2.12. The van der Waals surface area contributed by atoms with E-state index in [1.54, 1.807) is 37.5 Å². The van der Waals surface area contributed by atoms with Gasteiger partial charge >= 0.3 is 0 Å². The summed E-state index contributed by atoms with van der Waals surface area (Å²) in [6, 6.07) is 10.7. The third kappa shape index (κ3) is 3.67. The van der Waals surface area contributed by atoms with Gasteiger partial charge in [0.1, 0.15) is 12.0 Å². The van der Waals surface area contributed by atoms with Gasteiger partial charge in [-0.15, -0.1) is 0 Å². The van der Waals surface area contributed by atoms with Crippen LogP contribution in [0.5, 0.6) is 0 Å². The number of hydrogen-bond acceptors (Lipinski definition) is 5. The fourth-order valence-electron chi connectivity index (χ4n) is 2.22. The van der Waals surface area contributed by atoms with E-state index in [0.29, 0.717) is 17.3 Å². The Labute approximate surface area is 147 Å². The first-order valence-corrected chi connectivity index (χ1v) is 7.59. The van der Waals surface area contributed by atoms with E-state index in [1.807, 2.05) is 0 Å². The molecule has 0 radical (unpaired) electrons. The number of nitro benzene ring substituents is 1. The molecule has 0 saturated carbocycles. The summed E-state index contributed by atoms with van der Waals surface area (Å²) in [5.41, 5.74) is 2.10. The molecule has 1 aromatic heterocycles. The van der Waals surface area contributed by atoms with Crippen molar-refractivity contribution < 1.29 is 14.1 Å². The molecule has 1 amide bonds. The van der Waals surface area contributed by atoms with Gasteiger partial charge in [0.2, 0.25) is 0 Å². The lowest BCUT2D eigenvalue weighted by atomic mass is 10.1. The van der Waals surface area contributed by atoms with Gasteiger partial charge in [-0.2, -0.15) is 0 Å². The summed E-state index contributed by atoms with van der Waals surface area (Å²) in [6.07, 6.45) is 1.56. The van der Waals surface area contributed by atoms with Gasteiger partial charge in [-0.3, -0.25) is 14.9 Å². The molecule has 0 spiro atoms. The summed E-state index contributed by atoms with van der Waals surface area (Å²) >= 11 is 5.96. The van der Waals surface area contributed by atoms with Crippen LogP contribution in [-0.2, 0) is 0 Å². The molecule has 0 aliphatic heterocycles. The van der Waals surface area contributed by atoms with Crippen LogP contribution in [0.4, 0.5) is 11.4 Å². The average Bonchev–Trinajstić information content (AvgIpc) is 3.01. The zero-order chi connectivity index (χ0) is 18.0. The number of oxazole rings is 1. The topological polar surface area (TPSA) is 98.3 Å². The van der Waals surface area contributed by atoms with Crippen LogP contribution >= 0.6 is 11.6 Å². The quantitative estimate of drug-likeness (QED) is 0.549. The Kier molecular flexibility index (Phi) is 4.49. The van der Waals surface area contributed by atoms with Crippen LogP contribution in [0.15, 0.2) is 53.1 Å². The van der Waals surface area contributed by atoms with E-state index in [9.17, 15) is 14.9 Å². The predicted octanol–water partition coefficient (Wildman–Crippen LogP) is 4.46. The highest BCUT2D eigenvalue weighted by molar-refractivity contribution is 6.34. The SMILES string of the molecule is Cc1nc(-c2ccc(NC(=O)c3ccc([N+](=O)[O-])cc3Cl)cc2)co1. The number of halogens is 1. The van der Waals surface area contributed by atoms with Gasteiger partial charge in [0.05, 0.1) is 15.5 Å². The third-order valence-electron chi connectivity index (χ3n) is 3.47. The molecule has 1 heterocycles. The molecule has 0 aliphatic carbocycles. The van der Waals surface area contributed by atoms with Crippen LogP contribution in [0.1, 0.15) is 16.2 Å².